The van der Waals surface area contributed by atoms with Crippen molar-refractivity contribution < 1.29 is 4.42 Å². The van der Waals surface area contributed by atoms with Crippen LogP contribution < -0.4 is 15.9 Å². The normalized spacial score (nSPS) is 15.7. The number of nitrogens with one attached hydrogen (secondary N) is 2. The van der Waals surface area contributed by atoms with Gasteiger partial charge in [0, 0.05) is 39.3 Å². The minimum Gasteiger partial charge on any atom is -0.461 e. The molecular weight excluding hydrogens is 342 g/mol. The summed E-state index contributed by atoms with van der Waals surface area (Å²) in [7, 11) is 0. The summed E-state index contributed by atoms with van der Waals surface area (Å²) in [6.45, 7) is 5.30. The molecule has 25 heavy (non-hydrogen) atoms. The maximum Gasteiger partial charge on any atom is 0.309 e. The maximum atomic E-state index is 12.3. The Morgan fingerprint density at radius 1 is 1.32 bits per heavy atom. The third-order valence-corrected chi connectivity index (χ3v) is 5.23. The van der Waals surface area contributed by atoms with Crippen LogP contribution in [0, 0.1) is 0 Å². The molecule has 4 N–H and O–H groups in total. The fourth-order valence-electron chi connectivity index (χ4n) is 2.85. The van der Waals surface area contributed by atoms with Gasteiger partial charge < -0.3 is 15.5 Å². The van der Waals surface area contributed by atoms with Crippen LogP contribution in [0.5, 0.6) is 0 Å². The molecule has 10 heteroatoms. The number of anilines is 1. The molecule has 1 aliphatic rings. The Morgan fingerprint density at radius 2 is 2.16 bits per heavy atom. The molecule has 1 saturated heterocycles. The largest absolute Gasteiger partial charge is 0.461 e. The van der Waals surface area contributed by atoms with E-state index >= 15 is 0 Å². The van der Waals surface area contributed by atoms with E-state index in [-0.39, 0.29) is 4.87 Å². The van der Waals surface area contributed by atoms with Gasteiger partial charge in [0.25, 0.3) is 0 Å². The van der Waals surface area contributed by atoms with Gasteiger partial charge in [-0.15, -0.1) is 5.10 Å². The number of rotatable bonds is 5. The number of furan rings is 1. The number of nitrogens with two attached hydrogens (primary N) is 1. The molecule has 132 valence electrons. The van der Waals surface area contributed by atoms with Gasteiger partial charge >= 0.3 is 4.87 Å². The quantitative estimate of drug-likeness (QED) is 0.603. The van der Waals surface area contributed by atoms with Crippen LogP contribution in [0.2, 0.25) is 0 Å². The Hall–Kier alpha value is -2.43. The first kappa shape index (κ1) is 16.1. The van der Waals surface area contributed by atoms with Gasteiger partial charge in [0.05, 0.1) is 6.26 Å². The SMILES string of the molecule is Nc1c(-c2nc(-c3ccco3)n[nH]2)sc(=O)n1CCN1CCNCC1. The van der Waals surface area contributed by atoms with E-state index < -0.39 is 0 Å². The molecular formula is C15H19N7O2S. The highest BCUT2D eigenvalue weighted by Gasteiger charge is 2.19. The number of piperazine rings is 1. The summed E-state index contributed by atoms with van der Waals surface area (Å²) < 4.78 is 6.89. The van der Waals surface area contributed by atoms with Crippen LogP contribution in [0.25, 0.3) is 22.3 Å². The van der Waals surface area contributed by atoms with Crippen LogP contribution in [0.4, 0.5) is 5.82 Å². The van der Waals surface area contributed by atoms with Crippen molar-refractivity contribution in [3.05, 3.63) is 28.1 Å². The lowest BCUT2D eigenvalue weighted by Crippen LogP contribution is -2.44. The van der Waals surface area contributed by atoms with Crippen molar-refractivity contribution >= 4 is 17.2 Å². The van der Waals surface area contributed by atoms with Gasteiger partial charge in [-0.25, -0.2) is 4.98 Å². The molecule has 4 heterocycles. The molecule has 0 spiro atoms. The van der Waals surface area contributed by atoms with Crippen molar-refractivity contribution in [3.63, 3.8) is 0 Å². The van der Waals surface area contributed by atoms with Crippen LogP contribution in [0.1, 0.15) is 0 Å². The second kappa shape index (κ2) is 6.82. The first-order valence-corrected chi connectivity index (χ1v) is 8.93. The van der Waals surface area contributed by atoms with Crippen LogP contribution in [0.3, 0.4) is 0 Å². The van der Waals surface area contributed by atoms with Crippen molar-refractivity contribution in [2.45, 2.75) is 6.54 Å². The smallest absolute Gasteiger partial charge is 0.309 e. The van der Waals surface area contributed by atoms with E-state index in [1.807, 2.05) is 0 Å². The minimum absolute atomic E-state index is 0.0846. The van der Waals surface area contributed by atoms with Gasteiger partial charge in [-0.1, -0.05) is 11.3 Å². The molecule has 9 nitrogen and oxygen atoms in total. The molecule has 0 saturated carbocycles. The molecule has 4 rings (SSSR count). The maximum absolute atomic E-state index is 12.3. The highest BCUT2D eigenvalue weighted by atomic mass is 32.1. The van der Waals surface area contributed by atoms with Crippen molar-refractivity contribution in [1.82, 2.24) is 30.0 Å². The monoisotopic (exact) mass is 361 g/mol. The van der Waals surface area contributed by atoms with Gasteiger partial charge in [-0.2, -0.15) is 0 Å². The second-order valence-electron chi connectivity index (χ2n) is 5.81. The van der Waals surface area contributed by atoms with E-state index in [0.717, 1.165) is 44.1 Å². The first-order valence-electron chi connectivity index (χ1n) is 8.11. The summed E-state index contributed by atoms with van der Waals surface area (Å²) >= 11 is 1.08. The number of nitrogen functional groups attached to an aromatic ring is 1. The zero-order chi connectivity index (χ0) is 17.2. The molecule has 1 aliphatic heterocycles. The van der Waals surface area contributed by atoms with Gasteiger partial charge in [0.1, 0.15) is 10.7 Å². The Bertz CT molecular complexity index is 890. The average molecular weight is 361 g/mol. The number of nitrogens with zero attached hydrogens (tertiary/aromatic N) is 4. The van der Waals surface area contributed by atoms with Crippen molar-refractivity contribution in [3.8, 4) is 22.3 Å². The van der Waals surface area contributed by atoms with Gasteiger partial charge in [0.15, 0.2) is 11.6 Å². The highest BCUT2D eigenvalue weighted by molar-refractivity contribution is 7.13. The minimum atomic E-state index is -0.0846. The van der Waals surface area contributed by atoms with E-state index in [1.165, 1.54) is 0 Å². The first-order chi connectivity index (χ1) is 12.2. The average Bonchev–Trinajstić information content (AvgIpc) is 3.35. The number of hydrogen-bond donors (Lipinski definition) is 3. The molecule has 3 aromatic rings. The number of aromatic nitrogens is 4. The lowest BCUT2D eigenvalue weighted by molar-refractivity contribution is 0.232. The molecule has 0 amide bonds. The van der Waals surface area contributed by atoms with Crippen LogP contribution >= 0.6 is 11.3 Å². The molecule has 1 fully saturated rings. The summed E-state index contributed by atoms with van der Waals surface area (Å²) in [5.74, 6) is 1.90. The van der Waals surface area contributed by atoms with Crippen molar-refractivity contribution in [2.75, 3.05) is 38.5 Å². The lowest BCUT2D eigenvalue weighted by atomic mass is 10.3. The third-order valence-electron chi connectivity index (χ3n) is 4.22. The van der Waals surface area contributed by atoms with E-state index in [0.29, 0.717) is 34.6 Å². The molecule has 0 atom stereocenters. The van der Waals surface area contributed by atoms with E-state index in [9.17, 15) is 4.79 Å². The molecule has 0 bridgehead atoms. The molecule has 0 aromatic carbocycles. The number of thiazole rings is 1. The molecule has 0 unspecified atom stereocenters. The molecule has 0 radical (unpaired) electrons. The Balaban J connectivity index is 1.54. The number of hydrogen-bond acceptors (Lipinski definition) is 8. The lowest BCUT2D eigenvalue weighted by Gasteiger charge is -2.27. The van der Waals surface area contributed by atoms with Gasteiger partial charge in [-0.05, 0) is 12.1 Å². The zero-order valence-corrected chi connectivity index (χ0v) is 14.4. The van der Waals surface area contributed by atoms with Gasteiger partial charge in [-0.3, -0.25) is 19.4 Å². The highest BCUT2D eigenvalue weighted by Crippen LogP contribution is 2.27. The second-order valence-corrected chi connectivity index (χ2v) is 6.77. The summed E-state index contributed by atoms with van der Waals surface area (Å²) in [6.07, 6.45) is 1.56. The predicted molar refractivity (Wildman–Crippen MR) is 95.4 cm³/mol. The summed E-state index contributed by atoms with van der Waals surface area (Å²) in [4.78, 5) is 19.6. The van der Waals surface area contributed by atoms with E-state index in [2.05, 4.69) is 25.4 Å². The van der Waals surface area contributed by atoms with Gasteiger partial charge in [0.2, 0.25) is 5.82 Å². The van der Waals surface area contributed by atoms with Crippen molar-refractivity contribution in [2.24, 2.45) is 0 Å². The summed E-state index contributed by atoms with van der Waals surface area (Å²) in [5.41, 5.74) is 6.21. The van der Waals surface area contributed by atoms with E-state index in [4.69, 9.17) is 10.2 Å². The van der Waals surface area contributed by atoms with Crippen LogP contribution in [0.15, 0.2) is 27.6 Å². The number of aromatic amines is 1. The number of H-pyrrole nitrogens is 1. The van der Waals surface area contributed by atoms with Crippen molar-refractivity contribution in [1.29, 1.82) is 0 Å². The zero-order valence-electron chi connectivity index (χ0n) is 13.6. The van der Waals surface area contributed by atoms with Crippen LogP contribution in [-0.4, -0.2) is 57.4 Å². The standard InChI is InChI=1S/C15H19N7O2S/c16-12-11(14-18-13(19-20-14)10-2-1-9-24-10)25-15(23)22(12)8-7-21-5-3-17-4-6-21/h1-2,9,17H,3-8,16H2,(H,18,19,20). The Labute approximate surface area is 147 Å². The van der Waals surface area contributed by atoms with Crippen LogP contribution in [-0.2, 0) is 6.54 Å². The molecule has 3 aromatic heterocycles. The topological polar surface area (TPSA) is 118 Å². The summed E-state index contributed by atoms with van der Waals surface area (Å²) in [6, 6.07) is 3.54. The molecule has 0 aliphatic carbocycles. The fourth-order valence-corrected chi connectivity index (χ4v) is 3.73. The van der Waals surface area contributed by atoms with E-state index in [1.54, 1.807) is 23.0 Å². The third kappa shape index (κ3) is 3.23. The predicted octanol–water partition coefficient (Wildman–Crippen LogP) is 0.442. The Morgan fingerprint density at radius 3 is 2.92 bits per heavy atom. The fraction of sp³-hybridized carbons (Fsp3) is 0.400. The Kier molecular flexibility index (Phi) is 4.38. The summed E-state index contributed by atoms with van der Waals surface area (Å²) in [5, 5.41) is 10.3.